The van der Waals surface area contributed by atoms with Crippen LogP contribution in [0, 0.1) is 0 Å². The van der Waals surface area contributed by atoms with Crippen molar-refractivity contribution in [3.05, 3.63) is 53.6 Å². The normalized spacial score (nSPS) is 18.0. The molecular weight excluding hydrogens is 324 g/mol. The molecule has 0 spiro atoms. The van der Waals surface area contributed by atoms with Crippen LogP contribution in [0.15, 0.2) is 42.5 Å². The van der Waals surface area contributed by atoms with Crippen molar-refractivity contribution < 1.29 is 24.2 Å². The highest BCUT2D eigenvalue weighted by atomic mass is 16.5. The van der Waals surface area contributed by atoms with Crippen LogP contribution in [0.2, 0.25) is 0 Å². The predicted octanol–water partition coefficient (Wildman–Crippen LogP) is 1.85. The molecule has 0 saturated heterocycles. The molecule has 2 aliphatic heterocycles. The average molecular weight is 338 g/mol. The predicted molar refractivity (Wildman–Crippen MR) is 89.1 cm³/mol. The fourth-order valence-electron chi connectivity index (χ4n) is 3.18. The third-order valence-electron chi connectivity index (χ3n) is 4.37. The molecule has 2 heterocycles. The van der Waals surface area contributed by atoms with Crippen LogP contribution in [0.25, 0.3) is 0 Å². The standard InChI is InChI=1S/C18H14N2O5/c21-16-9-25-15-6-5-10(7-13(15)19-16)17(22)20-8-12(18(23)24)11-3-1-2-4-14(11)20/h1-7,12H,8-9H2,(H,19,21)(H,23,24)/t12-/m0/s1. The highest BCUT2D eigenvalue weighted by Gasteiger charge is 2.36. The van der Waals surface area contributed by atoms with Crippen LogP contribution in [0.1, 0.15) is 21.8 Å². The Morgan fingerprint density at radius 1 is 1.20 bits per heavy atom. The Hall–Kier alpha value is -3.35. The SMILES string of the molecule is O=C1COc2ccc(C(=O)N3C[C@H](C(=O)O)c4ccccc43)cc2N1. The maximum absolute atomic E-state index is 12.9. The molecule has 0 bridgehead atoms. The molecule has 126 valence electrons. The molecule has 2 aliphatic rings. The Kier molecular flexibility index (Phi) is 3.42. The maximum Gasteiger partial charge on any atom is 0.312 e. The molecule has 0 aliphatic carbocycles. The van der Waals surface area contributed by atoms with Crippen LogP contribution in [-0.4, -0.2) is 36.0 Å². The van der Waals surface area contributed by atoms with Crippen LogP contribution < -0.4 is 15.0 Å². The van der Waals surface area contributed by atoms with E-state index in [-0.39, 0.29) is 25.0 Å². The van der Waals surface area contributed by atoms with E-state index in [1.165, 1.54) is 4.90 Å². The molecule has 0 radical (unpaired) electrons. The molecule has 4 rings (SSSR count). The molecule has 7 heteroatoms. The van der Waals surface area contributed by atoms with Gasteiger partial charge in [0.15, 0.2) is 6.61 Å². The van der Waals surface area contributed by atoms with Crippen LogP contribution in [0.5, 0.6) is 5.75 Å². The average Bonchev–Trinajstić information content (AvgIpc) is 3.00. The van der Waals surface area contributed by atoms with Gasteiger partial charge in [0.2, 0.25) is 0 Å². The lowest BCUT2D eigenvalue weighted by atomic mass is 10.0. The lowest BCUT2D eigenvalue weighted by Crippen LogP contribution is -2.31. The number of carboxylic acid groups (broad SMARTS) is 1. The van der Waals surface area contributed by atoms with Gasteiger partial charge in [0.05, 0.1) is 5.69 Å². The number of hydrogen-bond acceptors (Lipinski definition) is 4. The highest BCUT2D eigenvalue weighted by molar-refractivity contribution is 6.10. The Bertz CT molecular complexity index is 908. The van der Waals surface area contributed by atoms with Crippen LogP contribution in [-0.2, 0) is 9.59 Å². The molecule has 25 heavy (non-hydrogen) atoms. The minimum Gasteiger partial charge on any atom is -0.482 e. The first-order valence-corrected chi connectivity index (χ1v) is 7.75. The summed E-state index contributed by atoms with van der Waals surface area (Å²) >= 11 is 0. The first-order valence-electron chi connectivity index (χ1n) is 7.75. The minimum absolute atomic E-state index is 0.0555. The van der Waals surface area contributed by atoms with Gasteiger partial charge in [-0.05, 0) is 29.8 Å². The monoisotopic (exact) mass is 338 g/mol. The van der Waals surface area contributed by atoms with Gasteiger partial charge in [0, 0.05) is 17.8 Å². The maximum atomic E-state index is 12.9. The number of anilines is 2. The van der Waals surface area contributed by atoms with Gasteiger partial charge in [-0.25, -0.2) is 0 Å². The summed E-state index contributed by atoms with van der Waals surface area (Å²) < 4.78 is 5.29. The minimum atomic E-state index is -0.964. The number of nitrogens with one attached hydrogen (secondary N) is 1. The van der Waals surface area contributed by atoms with Gasteiger partial charge in [-0.3, -0.25) is 14.4 Å². The molecule has 2 N–H and O–H groups in total. The molecule has 2 aromatic carbocycles. The van der Waals surface area contributed by atoms with E-state index in [1.54, 1.807) is 42.5 Å². The number of carboxylic acids is 1. The number of rotatable bonds is 2. The number of nitrogens with zero attached hydrogens (tertiary/aromatic N) is 1. The van der Waals surface area contributed by atoms with Gasteiger partial charge in [-0.2, -0.15) is 0 Å². The number of fused-ring (bicyclic) bond motifs is 2. The molecule has 0 unspecified atom stereocenters. The number of benzene rings is 2. The van der Waals surface area contributed by atoms with Crippen LogP contribution in [0.3, 0.4) is 0 Å². The van der Waals surface area contributed by atoms with Crippen LogP contribution in [0.4, 0.5) is 11.4 Å². The van der Waals surface area contributed by atoms with Crippen LogP contribution >= 0.6 is 0 Å². The molecule has 0 fully saturated rings. The van der Waals surface area contributed by atoms with Crippen molar-refractivity contribution in [1.29, 1.82) is 0 Å². The van der Waals surface area contributed by atoms with Crippen molar-refractivity contribution in [3.8, 4) is 5.75 Å². The quantitative estimate of drug-likeness (QED) is 0.871. The fraction of sp³-hybridized carbons (Fsp3) is 0.167. The molecule has 1 atom stereocenters. The topological polar surface area (TPSA) is 95.9 Å². The number of amides is 2. The van der Waals surface area contributed by atoms with Crippen molar-refractivity contribution in [2.24, 2.45) is 0 Å². The summed E-state index contributed by atoms with van der Waals surface area (Å²) in [6, 6.07) is 11.8. The zero-order chi connectivity index (χ0) is 17.6. The Labute approximate surface area is 142 Å². The second kappa shape index (κ2) is 5.62. The van der Waals surface area contributed by atoms with E-state index in [1.807, 2.05) is 0 Å². The second-order valence-corrected chi connectivity index (χ2v) is 5.91. The largest absolute Gasteiger partial charge is 0.482 e. The van der Waals surface area contributed by atoms with Gasteiger partial charge in [-0.15, -0.1) is 0 Å². The van der Waals surface area contributed by atoms with Crippen molar-refractivity contribution in [1.82, 2.24) is 0 Å². The first kappa shape index (κ1) is 15.2. The van der Waals surface area contributed by atoms with Crippen molar-refractivity contribution in [2.75, 3.05) is 23.4 Å². The number of ether oxygens (including phenoxy) is 1. The van der Waals surface area contributed by atoms with E-state index in [0.717, 1.165) is 0 Å². The zero-order valence-corrected chi connectivity index (χ0v) is 13.1. The van der Waals surface area contributed by atoms with Gasteiger partial charge < -0.3 is 20.1 Å². The lowest BCUT2D eigenvalue weighted by molar-refractivity contribution is -0.138. The van der Waals surface area contributed by atoms with Gasteiger partial charge in [0.25, 0.3) is 11.8 Å². The third kappa shape index (κ3) is 2.50. The van der Waals surface area contributed by atoms with Gasteiger partial charge in [-0.1, -0.05) is 18.2 Å². The summed E-state index contributed by atoms with van der Waals surface area (Å²) in [4.78, 5) is 37.3. The molecular formula is C18H14N2O5. The lowest BCUT2D eigenvalue weighted by Gasteiger charge is -2.21. The molecule has 2 aromatic rings. The first-order chi connectivity index (χ1) is 12.0. The smallest absolute Gasteiger partial charge is 0.312 e. The van der Waals surface area contributed by atoms with E-state index in [2.05, 4.69) is 5.32 Å². The van der Waals surface area contributed by atoms with Gasteiger partial charge in [0.1, 0.15) is 11.7 Å². The summed E-state index contributed by atoms with van der Waals surface area (Å²) in [6.07, 6.45) is 0. The number of carbonyl (C=O) groups excluding carboxylic acids is 2. The Balaban J connectivity index is 1.69. The summed E-state index contributed by atoms with van der Waals surface area (Å²) in [7, 11) is 0. The zero-order valence-electron chi connectivity index (χ0n) is 13.1. The van der Waals surface area contributed by atoms with E-state index < -0.39 is 11.9 Å². The molecule has 7 nitrogen and oxygen atoms in total. The molecule has 2 amide bonds. The summed E-state index contributed by atoms with van der Waals surface area (Å²) in [6.45, 7) is 0.0214. The molecule has 0 aromatic heterocycles. The van der Waals surface area contributed by atoms with E-state index in [0.29, 0.717) is 28.3 Å². The fourth-order valence-corrected chi connectivity index (χ4v) is 3.18. The summed E-state index contributed by atoms with van der Waals surface area (Å²) in [5, 5.41) is 12.1. The van der Waals surface area contributed by atoms with Crippen molar-refractivity contribution in [3.63, 3.8) is 0 Å². The second-order valence-electron chi connectivity index (χ2n) is 5.91. The highest BCUT2D eigenvalue weighted by Crippen LogP contribution is 2.38. The Morgan fingerprint density at radius 2 is 2.00 bits per heavy atom. The summed E-state index contributed by atoms with van der Waals surface area (Å²) in [5.41, 5.74) is 2.01. The van der Waals surface area contributed by atoms with Crippen molar-refractivity contribution in [2.45, 2.75) is 5.92 Å². The van der Waals surface area contributed by atoms with Crippen molar-refractivity contribution >= 4 is 29.2 Å². The molecule has 0 saturated carbocycles. The number of carbonyl (C=O) groups is 3. The van der Waals surface area contributed by atoms with E-state index in [9.17, 15) is 19.5 Å². The van der Waals surface area contributed by atoms with E-state index in [4.69, 9.17) is 4.74 Å². The van der Waals surface area contributed by atoms with E-state index >= 15 is 0 Å². The van der Waals surface area contributed by atoms with Gasteiger partial charge >= 0.3 is 5.97 Å². The number of hydrogen-bond donors (Lipinski definition) is 2. The third-order valence-corrected chi connectivity index (χ3v) is 4.37. The number of aliphatic carboxylic acids is 1. The number of para-hydroxylation sites is 1. The Morgan fingerprint density at radius 3 is 2.80 bits per heavy atom. The summed E-state index contributed by atoms with van der Waals surface area (Å²) in [5.74, 6) is -1.82.